The van der Waals surface area contributed by atoms with Crippen LogP contribution in [0.5, 0.6) is 5.75 Å². The smallest absolute Gasteiger partial charge is 0.329 e. The summed E-state index contributed by atoms with van der Waals surface area (Å²) in [5, 5.41) is 1.84. The van der Waals surface area contributed by atoms with Crippen LogP contribution in [0, 0.1) is 0 Å². The number of ether oxygens (including phenoxy) is 1. The molecule has 1 saturated heterocycles. The van der Waals surface area contributed by atoms with Gasteiger partial charge in [-0.05, 0) is 29.9 Å². The maximum absolute atomic E-state index is 12.9. The molecule has 6 heteroatoms. The fourth-order valence-corrected chi connectivity index (χ4v) is 4.69. The molecule has 3 aromatic rings. The van der Waals surface area contributed by atoms with Crippen LogP contribution in [0.1, 0.15) is 24.4 Å². The summed E-state index contributed by atoms with van der Waals surface area (Å²) >= 11 is 0. The summed E-state index contributed by atoms with van der Waals surface area (Å²) in [7, 11) is -2.41. The molecule has 27 heavy (non-hydrogen) atoms. The predicted molar refractivity (Wildman–Crippen MR) is 105 cm³/mol. The molecule has 5 nitrogen and oxygen atoms in total. The van der Waals surface area contributed by atoms with Gasteiger partial charge in [-0.25, -0.2) is 9.46 Å². The minimum Gasteiger partial charge on any atom is -0.425 e. The van der Waals surface area contributed by atoms with Gasteiger partial charge in [0.05, 0.1) is 0 Å². The van der Waals surface area contributed by atoms with Crippen molar-refractivity contribution in [1.29, 1.82) is 0 Å². The number of rotatable bonds is 4. The third kappa shape index (κ3) is 3.60. The molecular weight excluding hydrogens is 361 g/mol. The maximum Gasteiger partial charge on any atom is 0.329 e. The Morgan fingerprint density at radius 2 is 1.63 bits per heavy atom. The molecule has 0 amide bonds. The molecule has 0 spiro atoms. The van der Waals surface area contributed by atoms with Crippen molar-refractivity contribution in [2.45, 2.75) is 24.9 Å². The van der Waals surface area contributed by atoms with Crippen molar-refractivity contribution in [2.75, 3.05) is 0 Å². The van der Waals surface area contributed by atoms with Crippen molar-refractivity contribution >= 4 is 25.3 Å². The molecule has 0 radical (unpaired) electrons. The van der Waals surface area contributed by atoms with Gasteiger partial charge in [0.1, 0.15) is 11.8 Å². The number of fused-ring (bicyclic) bond motifs is 1. The summed E-state index contributed by atoms with van der Waals surface area (Å²) in [6, 6.07) is 22.0. The lowest BCUT2D eigenvalue weighted by Gasteiger charge is -2.29. The van der Waals surface area contributed by atoms with E-state index in [4.69, 9.17) is 4.74 Å². The minimum absolute atomic E-state index is 0.211. The summed E-state index contributed by atoms with van der Waals surface area (Å²) in [5.41, 5.74) is 0.966. The normalized spacial score (nSPS) is 20.3. The number of esters is 1. The standard InChI is InChI=1S/C21H20NO4P/c23-21(26-20-12-6-10-15-7-4-5-11-17(15)20)19-14-13-18(22(19)27(24)25)16-8-2-1-3-9-16/h1-12,18-19,24-25H,13-14H2/t18-,19-/m0/s1. The van der Waals surface area contributed by atoms with Crippen molar-refractivity contribution in [3.63, 3.8) is 0 Å². The van der Waals surface area contributed by atoms with E-state index in [0.29, 0.717) is 18.6 Å². The Bertz CT molecular complexity index is 942. The number of carbonyl (C=O) groups is 1. The lowest BCUT2D eigenvalue weighted by Crippen LogP contribution is -2.36. The molecule has 4 rings (SSSR count). The highest BCUT2D eigenvalue weighted by atomic mass is 31.2. The molecule has 1 aliphatic rings. The number of carbonyl (C=O) groups excluding carboxylic acids is 1. The van der Waals surface area contributed by atoms with Crippen molar-refractivity contribution < 1.29 is 19.3 Å². The molecule has 1 fully saturated rings. The van der Waals surface area contributed by atoms with E-state index in [1.807, 2.05) is 66.7 Å². The second-order valence-electron chi connectivity index (χ2n) is 6.57. The van der Waals surface area contributed by atoms with E-state index in [1.165, 1.54) is 4.67 Å². The van der Waals surface area contributed by atoms with Crippen LogP contribution >= 0.6 is 8.53 Å². The lowest BCUT2D eigenvalue weighted by atomic mass is 10.1. The monoisotopic (exact) mass is 381 g/mol. The van der Waals surface area contributed by atoms with Gasteiger partial charge in [0.2, 0.25) is 0 Å². The fraction of sp³-hybridized carbons (Fsp3) is 0.190. The molecule has 138 valence electrons. The number of hydrogen-bond donors (Lipinski definition) is 2. The largest absolute Gasteiger partial charge is 0.425 e. The molecule has 0 aromatic heterocycles. The predicted octanol–water partition coefficient (Wildman–Crippen LogP) is 4.16. The van der Waals surface area contributed by atoms with Gasteiger partial charge < -0.3 is 14.5 Å². The second kappa shape index (κ2) is 7.75. The van der Waals surface area contributed by atoms with Crippen molar-refractivity contribution in [1.82, 2.24) is 4.67 Å². The molecular formula is C21H20NO4P. The van der Waals surface area contributed by atoms with Gasteiger partial charge in [0, 0.05) is 11.4 Å². The Hall–Kier alpha value is -2.30. The van der Waals surface area contributed by atoms with Crippen molar-refractivity contribution in [3.8, 4) is 5.75 Å². The van der Waals surface area contributed by atoms with Crippen LogP contribution < -0.4 is 4.74 Å². The zero-order valence-corrected chi connectivity index (χ0v) is 15.5. The Balaban J connectivity index is 1.59. The zero-order chi connectivity index (χ0) is 18.8. The topological polar surface area (TPSA) is 70.0 Å². The molecule has 0 aliphatic carbocycles. The first kappa shape index (κ1) is 18.1. The summed E-state index contributed by atoms with van der Waals surface area (Å²) in [6.45, 7) is 0. The van der Waals surface area contributed by atoms with E-state index in [0.717, 1.165) is 16.3 Å². The number of nitrogens with zero attached hydrogens (tertiary/aromatic N) is 1. The van der Waals surface area contributed by atoms with Gasteiger partial charge in [0.15, 0.2) is 0 Å². The SMILES string of the molecule is O=C(Oc1cccc2ccccc12)[C@@H]1CC[C@@H](c2ccccc2)N1P(O)O. The van der Waals surface area contributed by atoms with E-state index in [-0.39, 0.29) is 6.04 Å². The first-order valence-electron chi connectivity index (χ1n) is 8.85. The minimum atomic E-state index is -2.41. The van der Waals surface area contributed by atoms with Crippen LogP contribution in [-0.4, -0.2) is 26.5 Å². The van der Waals surface area contributed by atoms with Gasteiger partial charge in [-0.2, -0.15) is 0 Å². The second-order valence-corrected chi connectivity index (χ2v) is 7.56. The first-order valence-corrected chi connectivity index (χ1v) is 10.1. The van der Waals surface area contributed by atoms with Crippen LogP contribution in [0.15, 0.2) is 72.8 Å². The Morgan fingerprint density at radius 3 is 2.41 bits per heavy atom. The van der Waals surface area contributed by atoms with Crippen LogP contribution in [-0.2, 0) is 4.79 Å². The molecule has 1 aliphatic heterocycles. The highest BCUT2D eigenvalue weighted by molar-refractivity contribution is 7.42. The number of hydrogen-bond acceptors (Lipinski definition) is 5. The van der Waals surface area contributed by atoms with Gasteiger partial charge in [-0.1, -0.05) is 66.7 Å². The quantitative estimate of drug-likeness (QED) is 0.403. The van der Waals surface area contributed by atoms with Gasteiger partial charge in [-0.3, -0.25) is 0 Å². The fourth-order valence-electron chi connectivity index (χ4n) is 3.73. The van der Waals surface area contributed by atoms with E-state index >= 15 is 0 Å². The van der Waals surface area contributed by atoms with E-state index in [9.17, 15) is 14.6 Å². The maximum atomic E-state index is 12.9. The van der Waals surface area contributed by atoms with Crippen LogP contribution in [0.4, 0.5) is 0 Å². The van der Waals surface area contributed by atoms with Gasteiger partial charge in [0.25, 0.3) is 8.53 Å². The average molecular weight is 381 g/mol. The van der Waals surface area contributed by atoms with Crippen LogP contribution in [0.25, 0.3) is 10.8 Å². The lowest BCUT2D eigenvalue weighted by molar-refractivity contribution is -0.138. The highest BCUT2D eigenvalue weighted by Crippen LogP contribution is 2.49. The van der Waals surface area contributed by atoms with Gasteiger partial charge >= 0.3 is 5.97 Å². The molecule has 0 bridgehead atoms. The van der Waals surface area contributed by atoms with E-state index in [2.05, 4.69) is 0 Å². The Kier molecular flexibility index (Phi) is 5.19. The summed E-state index contributed by atoms with van der Waals surface area (Å²) in [6.07, 6.45) is 1.18. The first-order chi connectivity index (χ1) is 13.1. The highest BCUT2D eigenvalue weighted by Gasteiger charge is 2.43. The molecule has 3 aromatic carbocycles. The van der Waals surface area contributed by atoms with E-state index in [1.54, 1.807) is 6.07 Å². The zero-order valence-electron chi connectivity index (χ0n) is 14.6. The summed E-state index contributed by atoms with van der Waals surface area (Å²) in [4.78, 5) is 32.8. The van der Waals surface area contributed by atoms with Gasteiger partial charge in [-0.15, -0.1) is 0 Å². The van der Waals surface area contributed by atoms with E-state index < -0.39 is 20.5 Å². The molecule has 2 atom stereocenters. The molecule has 0 saturated carbocycles. The third-order valence-corrected chi connectivity index (χ3v) is 5.95. The van der Waals surface area contributed by atoms with Crippen LogP contribution in [0.3, 0.4) is 0 Å². The Labute approximate surface area is 158 Å². The summed E-state index contributed by atoms with van der Waals surface area (Å²) < 4.78 is 7.17. The molecule has 0 unspecified atom stereocenters. The van der Waals surface area contributed by atoms with Crippen LogP contribution in [0.2, 0.25) is 0 Å². The molecule has 1 heterocycles. The molecule has 2 N–H and O–H groups in total. The third-order valence-electron chi connectivity index (χ3n) is 4.98. The van der Waals surface area contributed by atoms with Crippen molar-refractivity contribution in [3.05, 3.63) is 78.4 Å². The number of benzene rings is 3. The summed E-state index contributed by atoms with van der Waals surface area (Å²) in [5.74, 6) is 0.0294. The average Bonchev–Trinajstić information content (AvgIpc) is 3.15. The van der Waals surface area contributed by atoms with Crippen molar-refractivity contribution in [2.24, 2.45) is 0 Å². The Morgan fingerprint density at radius 1 is 0.926 bits per heavy atom.